The average Bonchev–Trinajstić information content (AvgIpc) is 3.36. The quantitative estimate of drug-likeness (QED) is 0.628. The number of halogens is 1. The topological polar surface area (TPSA) is 77.1 Å². The molecule has 0 aliphatic carbocycles. The van der Waals surface area contributed by atoms with Crippen molar-refractivity contribution in [2.24, 2.45) is 11.8 Å². The van der Waals surface area contributed by atoms with Crippen molar-refractivity contribution in [1.82, 2.24) is 4.90 Å². The number of esters is 1. The minimum Gasteiger partial charge on any atom is -0.469 e. The third kappa shape index (κ3) is 4.72. The maximum atomic E-state index is 14.9. The Morgan fingerprint density at radius 2 is 1.81 bits per heavy atom. The number of aryl methyl sites for hydroxylation is 1. The molecular weight excluding hydrogens is 463 g/mol. The van der Waals surface area contributed by atoms with Crippen LogP contribution in [-0.2, 0) is 19.0 Å². The normalized spacial score (nSPS) is 26.4. The fraction of sp³-hybridized carbons (Fsp3) is 0.500. The Morgan fingerprint density at radius 3 is 2.50 bits per heavy atom. The Labute approximate surface area is 210 Å². The predicted octanol–water partition coefficient (Wildman–Crippen LogP) is 4.12. The van der Waals surface area contributed by atoms with Crippen LogP contribution in [0.4, 0.5) is 10.1 Å². The summed E-state index contributed by atoms with van der Waals surface area (Å²) in [5, 5.41) is 3.55. The SMILES string of the molecule is COC(=O)C1CC2COCC2N(C(=O)c2c(C)cccc2F)C1c1ccc(NC2CCOCC2)cc1. The lowest BCUT2D eigenvalue weighted by atomic mass is 9.76. The molecule has 8 heteroatoms. The van der Waals surface area contributed by atoms with Crippen LogP contribution in [0.3, 0.4) is 0 Å². The number of carbonyl (C=O) groups excluding carboxylic acids is 2. The van der Waals surface area contributed by atoms with Crippen LogP contribution in [0.25, 0.3) is 0 Å². The number of carbonyl (C=O) groups is 2. The third-order valence-electron chi connectivity index (χ3n) is 7.78. The van der Waals surface area contributed by atoms with Gasteiger partial charge in [0.2, 0.25) is 0 Å². The average molecular weight is 497 g/mol. The van der Waals surface area contributed by atoms with E-state index in [2.05, 4.69) is 5.32 Å². The first kappa shape index (κ1) is 24.7. The van der Waals surface area contributed by atoms with Crippen molar-refractivity contribution in [1.29, 1.82) is 0 Å². The highest BCUT2D eigenvalue weighted by Crippen LogP contribution is 2.45. The summed E-state index contributed by atoms with van der Waals surface area (Å²) in [7, 11) is 1.37. The van der Waals surface area contributed by atoms with Gasteiger partial charge in [-0.3, -0.25) is 9.59 Å². The van der Waals surface area contributed by atoms with Crippen molar-refractivity contribution in [3.63, 3.8) is 0 Å². The van der Waals surface area contributed by atoms with E-state index in [-0.39, 0.29) is 23.5 Å². The van der Waals surface area contributed by atoms with Crippen LogP contribution in [0.5, 0.6) is 0 Å². The highest BCUT2D eigenvalue weighted by Gasteiger charge is 2.51. The Hall–Kier alpha value is -2.97. The lowest BCUT2D eigenvalue weighted by Gasteiger charge is -2.46. The van der Waals surface area contributed by atoms with Crippen molar-refractivity contribution >= 4 is 17.6 Å². The molecule has 5 rings (SSSR count). The monoisotopic (exact) mass is 496 g/mol. The number of amides is 1. The molecule has 3 aliphatic heterocycles. The summed E-state index contributed by atoms with van der Waals surface area (Å²) < 4.78 is 31.3. The smallest absolute Gasteiger partial charge is 0.311 e. The van der Waals surface area contributed by atoms with E-state index in [0.717, 1.165) is 37.3 Å². The second-order valence-electron chi connectivity index (χ2n) is 9.97. The standard InChI is InChI=1S/C28H33FN2O5/c1-17-4-3-5-23(29)25(17)27(32)31-24-16-36-15-19(24)14-22(28(33)34-2)26(31)18-6-8-20(9-7-18)30-21-10-12-35-13-11-21/h3-9,19,21-22,24,26,30H,10-16H2,1-2H3. The summed E-state index contributed by atoms with van der Waals surface area (Å²) in [5.41, 5.74) is 2.39. The first-order valence-corrected chi connectivity index (χ1v) is 12.7. The van der Waals surface area contributed by atoms with Gasteiger partial charge < -0.3 is 24.4 Å². The van der Waals surface area contributed by atoms with E-state index >= 15 is 0 Å². The number of fused-ring (bicyclic) bond motifs is 1. The van der Waals surface area contributed by atoms with E-state index in [9.17, 15) is 14.0 Å². The number of rotatable bonds is 5. The highest BCUT2D eigenvalue weighted by atomic mass is 19.1. The molecule has 3 aliphatic rings. The molecule has 2 aromatic rings. The molecule has 3 heterocycles. The number of nitrogens with zero attached hydrogens (tertiary/aromatic N) is 1. The number of anilines is 1. The van der Waals surface area contributed by atoms with Gasteiger partial charge in [-0.2, -0.15) is 0 Å². The van der Waals surface area contributed by atoms with Crippen LogP contribution < -0.4 is 5.32 Å². The van der Waals surface area contributed by atoms with Crippen molar-refractivity contribution in [3.05, 3.63) is 65.0 Å². The number of hydrogen-bond donors (Lipinski definition) is 1. The van der Waals surface area contributed by atoms with Crippen LogP contribution in [0.1, 0.15) is 46.8 Å². The number of ether oxygens (including phenoxy) is 3. The second-order valence-corrected chi connectivity index (χ2v) is 9.97. The minimum absolute atomic E-state index is 0.0177. The van der Waals surface area contributed by atoms with E-state index in [4.69, 9.17) is 14.2 Å². The van der Waals surface area contributed by atoms with Crippen LogP contribution in [0.2, 0.25) is 0 Å². The van der Waals surface area contributed by atoms with E-state index in [1.807, 2.05) is 24.3 Å². The van der Waals surface area contributed by atoms with E-state index in [1.165, 1.54) is 13.2 Å². The predicted molar refractivity (Wildman–Crippen MR) is 132 cm³/mol. The van der Waals surface area contributed by atoms with Gasteiger partial charge in [0.25, 0.3) is 5.91 Å². The van der Waals surface area contributed by atoms with Crippen molar-refractivity contribution in [2.45, 2.75) is 44.3 Å². The molecule has 4 atom stereocenters. The molecule has 36 heavy (non-hydrogen) atoms. The minimum atomic E-state index is -0.593. The molecule has 1 amide bonds. The molecule has 3 fully saturated rings. The molecule has 0 aromatic heterocycles. The summed E-state index contributed by atoms with van der Waals surface area (Å²) in [6, 6.07) is 12.0. The van der Waals surface area contributed by atoms with Gasteiger partial charge in [0.05, 0.1) is 43.9 Å². The van der Waals surface area contributed by atoms with Gasteiger partial charge in [-0.25, -0.2) is 4.39 Å². The van der Waals surface area contributed by atoms with Gasteiger partial charge in [-0.15, -0.1) is 0 Å². The first-order chi connectivity index (χ1) is 17.5. The van der Waals surface area contributed by atoms with E-state index < -0.39 is 23.7 Å². The molecule has 0 radical (unpaired) electrons. The van der Waals surface area contributed by atoms with Gasteiger partial charge >= 0.3 is 5.97 Å². The second kappa shape index (κ2) is 10.6. The highest BCUT2D eigenvalue weighted by molar-refractivity contribution is 5.97. The molecular formula is C28H33FN2O5. The fourth-order valence-corrected chi connectivity index (χ4v) is 5.91. The molecule has 4 unspecified atom stereocenters. The van der Waals surface area contributed by atoms with E-state index in [1.54, 1.807) is 24.0 Å². The molecule has 7 nitrogen and oxygen atoms in total. The van der Waals surface area contributed by atoms with E-state index in [0.29, 0.717) is 31.2 Å². The van der Waals surface area contributed by atoms with Crippen molar-refractivity contribution < 1.29 is 28.2 Å². The zero-order chi connectivity index (χ0) is 25.2. The van der Waals surface area contributed by atoms with Gasteiger partial charge in [0, 0.05) is 30.9 Å². The van der Waals surface area contributed by atoms with Crippen LogP contribution in [-0.4, -0.2) is 62.4 Å². The van der Waals surface area contributed by atoms with Gasteiger partial charge in [-0.1, -0.05) is 24.3 Å². The third-order valence-corrected chi connectivity index (χ3v) is 7.78. The molecule has 0 saturated carbocycles. The zero-order valence-electron chi connectivity index (χ0n) is 20.7. The molecule has 2 aromatic carbocycles. The molecule has 192 valence electrons. The summed E-state index contributed by atoms with van der Waals surface area (Å²) in [4.78, 5) is 28.7. The number of piperidine rings is 1. The van der Waals surface area contributed by atoms with Crippen LogP contribution in [0.15, 0.2) is 42.5 Å². The first-order valence-electron chi connectivity index (χ1n) is 12.7. The van der Waals surface area contributed by atoms with Gasteiger partial charge in [0.15, 0.2) is 0 Å². The lowest BCUT2D eigenvalue weighted by Crippen LogP contribution is -2.55. The number of benzene rings is 2. The number of hydrogen-bond acceptors (Lipinski definition) is 6. The number of methoxy groups -OCH3 is 1. The maximum absolute atomic E-state index is 14.9. The molecule has 3 saturated heterocycles. The molecule has 1 N–H and O–H groups in total. The maximum Gasteiger partial charge on any atom is 0.311 e. The summed E-state index contributed by atoms with van der Waals surface area (Å²) in [6.07, 6.45) is 2.44. The summed E-state index contributed by atoms with van der Waals surface area (Å²) in [6.45, 7) is 4.04. The lowest BCUT2D eigenvalue weighted by molar-refractivity contribution is -0.151. The summed E-state index contributed by atoms with van der Waals surface area (Å²) in [5.74, 6) is -1.96. The van der Waals surface area contributed by atoms with Crippen LogP contribution >= 0.6 is 0 Å². The van der Waals surface area contributed by atoms with Crippen molar-refractivity contribution in [2.75, 3.05) is 38.9 Å². The summed E-state index contributed by atoms with van der Waals surface area (Å²) >= 11 is 0. The number of likely N-dealkylation sites (tertiary alicyclic amines) is 1. The molecule has 0 spiro atoms. The largest absolute Gasteiger partial charge is 0.469 e. The Morgan fingerprint density at radius 1 is 1.06 bits per heavy atom. The Bertz CT molecular complexity index is 1080. The fourth-order valence-electron chi connectivity index (χ4n) is 5.91. The van der Waals surface area contributed by atoms with Crippen molar-refractivity contribution in [3.8, 4) is 0 Å². The van der Waals surface area contributed by atoms with Crippen LogP contribution in [0, 0.1) is 24.6 Å². The Balaban J connectivity index is 1.52. The van der Waals surface area contributed by atoms with Gasteiger partial charge in [0.1, 0.15) is 5.82 Å². The zero-order valence-corrected chi connectivity index (χ0v) is 20.7. The molecule has 0 bridgehead atoms. The number of nitrogens with one attached hydrogen (secondary N) is 1. The van der Waals surface area contributed by atoms with Gasteiger partial charge in [-0.05, 0) is 55.5 Å². The Kier molecular flexibility index (Phi) is 7.25.